The summed E-state index contributed by atoms with van der Waals surface area (Å²) in [7, 11) is 0. The van der Waals surface area contributed by atoms with Crippen LogP contribution in [0, 0.1) is 0 Å². The first-order valence-electron chi connectivity index (χ1n) is 7.11. The monoisotopic (exact) mass is 271 g/mol. The molecular formula is C17H25N3. The summed E-state index contributed by atoms with van der Waals surface area (Å²) >= 11 is 0. The molecule has 108 valence electrons. The highest BCUT2D eigenvalue weighted by molar-refractivity contribution is 6.00. The van der Waals surface area contributed by atoms with Crippen LogP contribution in [0.3, 0.4) is 0 Å². The highest BCUT2D eigenvalue weighted by Crippen LogP contribution is 2.37. The molecule has 1 aromatic rings. The lowest BCUT2D eigenvalue weighted by molar-refractivity contribution is 0.401. The molecule has 1 saturated carbocycles. The molecule has 0 bridgehead atoms. The zero-order valence-electron chi connectivity index (χ0n) is 12.7. The van der Waals surface area contributed by atoms with E-state index in [1.54, 1.807) is 0 Å². The lowest BCUT2D eigenvalue weighted by Gasteiger charge is -2.36. The second-order valence-corrected chi connectivity index (χ2v) is 6.84. The van der Waals surface area contributed by atoms with Gasteiger partial charge in [-0.05, 0) is 41.4 Å². The molecule has 4 N–H and O–H groups in total. The van der Waals surface area contributed by atoms with Crippen LogP contribution in [0.1, 0.15) is 51.2 Å². The molecule has 0 saturated heterocycles. The Kier molecular flexibility index (Phi) is 3.74. The van der Waals surface area contributed by atoms with Crippen molar-refractivity contribution in [1.82, 2.24) is 0 Å². The van der Waals surface area contributed by atoms with Gasteiger partial charge in [0.25, 0.3) is 0 Å². The summed E-state index contributed by atoms with van der Waals surface area (Å²) in [6.07, 6.45) is 2.37. The maximum atomic E-state index is 6.64. The zero-order valence-corrected chi connectivity index (χ0v) is 12.7. The van der Waals surface area contributed by atoms with Crippen LogP contribution in [-0.2, 0) is 11.0 Å². The van der Waals surface area contributed by atoms with E-state index in [1.165, 1.54) is 11.1 Å². The molecule has 0 radical (unpaired) electrons. The number of nitrogens with two attached hydrogens (primary N) is 2. The van der Waals surface area contributed by atoms with Crippen LogP contribution < -0.4 is 11.6 Å². The van der Waals surface area contributed by atoms with E-state index in [0.29, 0.717) is 0 Å². The maximum Gasteiger partial charge on any atom is 0.0628 e. The van der Waals surface area contributed by atoms with Crippen LogP contribution in [0.4, 0.5) is 0 Å². The number of benzene rings is 1. The van der Waals surface area contributed by atoms with Crippen LogP contribution in [0.15, 0.2) is 41.5 Å². The van der Waals surface area contributed by atoms with Crippen molar-refractivity contribution in [2.24, 2.45) is 16.7 Å². The van der Waals surface area contributed by atoms with Gasteiger partial charge in [0.05, 0.1) is 5.71 Å². The summed E-state index contributed by atoms with van der Waals surface area (Å²) < 4.78 is 0. The molecular weight excluding hydrogens is 246 g/mol. The summed E-state index contributed by atoms with van der Waals surface area (Å²) in [5.74, 6) is 5.39. The van der Waals surface area contributed by atoms with E-state index in [9.17, 15) is 0 Å². The first-order chi connectivity index (χ1) is 9.26. The van der Waals surface area contributed by atoms with E-state index < -0.39 is 0 Å². The fraction of sp³-hybridized carbons (Fsp3) is 0.471. The Bertz CT molecular complexity index is 552. The molecule has 1 fully saturated rings. The van der Waals surface area contributed by atoms with Gasteiger partial charge >= 0.3 is 0 Å². The van der Waals surface area contributed by atoms with Crippen LogP contribution in [0.2, 0.25) is 0 Å². The molecule has 0 spiro atoms. The largest absolute Gasteiger partial charge is 0.323 e. The van der Waals surface area contributed by atoms with Crippen molar-refractivity contribution in [2.45, 2.75) is 51.0 Å². The van der Waals surface area contributed by atoms with Gasteiger partial charge in [-0.1, -0.05) is 51.6 Å². The molecule has 0 aliphatic heterocycles. The first-order valence-corrected chi connectivity index (χ1v) is 7.11. The number of hydrazone groups is 1. The van der Waals surface area contributed by atoms with E-state index in [1.807, 2.05) is 0 Å². The topological polar surface area (TPSA) is 64.4 Å². The smallest absolute Gasteiger partial charge is 0.0628 e. The van der Waals surface area contributed by atoms with Crippen molar-refractivity contribution in [2.75, 3.05) is 0 Å². The van der Waals surface area contributed by atoms with E-state index in [4.69, 9.17) is 11.6 Å². The molecule has 20 heavy (non-hydrogen) atoms. The predicted molar refractivity (Wildman–Crippen MR) is 85.6 cm³/mol. The van der Waals surface area contributed by atoms with Gasteiger partial charge in [-0.25, -0.2) is 0 Å². The molecule has 1 aliphatic carbocycles. The fourth-order valence-corrected chi connectivity index (χ4v) is 2.79. The van der Waals surface area contributed by atoms with Gasteiger partial charge < -0.3 is 11.6 Å². The second-order valence-electron chi connectivity index (χ2n) is 6.84. The summed E-state index contributed by atoms with van der Waals surface area (Å²) in [6.45, 7) is 10.7. The predicted octanol–water partition coefficient (Wildman–Crippen LogP) is 3.19. The van der Waals surface area contributed by atoms with Crippen molar-refractivity contribution in [1.29, 1.82) is 0 Å². The Morgan fingerprint density at radius 1 is 1.30 bits per heavy atom. The van der Waals surface area contributed by atoms with Crippen LogP contribution in [-0.4, -0.2) is 5.71 Å². The van der Waals surface area contributed by atoms with Gasteiger partial charge in [0.1, 0.15) is 0 Å². The van der Waals surface area contributed by atoms with Gasteiger partial charge in [-0.2, -0.15) is 5.10 Å². The molecule has 0 amide bonds. The van der Waals surface area contributed by atoms with Gasteiger partial charge in [-0.3, -0.25) is 0 Å². The minimum absolute atomic E-state index is 0.127. The number of hydrogen-bond donors (Lipinski definition) is 2. The number of rotatable bonds is 1. The highest BCUT2D eigenvalue weighted by Gasteiger charge is 2.34. The SMILES string of the molecule is C=C1CC(N)(c2cccc(C(C)(C)C)c2)CC/C1=N/N. The Morgan fingerprint density at radius 3 is 2.55 bits per heavy atom. The van der Waals surface area contributed by atoms with Gasteiger partial charge in [0.15, 0.2) is 0 Å². The molecule has 0 aromatic heterocycles. The maximum absolute atomic E-state index is 6.64. The molecule has 3 nitrogen and oxygen atoms in total. The summed E-state index contributed by atoms with van der Waals surface area (Å²) in [4.78, 5) is 0. The number of nitrogens with zero attached hydrogens (tertiary/aromatic N) is 1. The van der Waals surface area contributed by atoms with Crippen LogP contribution >= 0.6 is 0 Å². The third-order valence-corrected chi connectivity index (χ3v) is 4.20. The molecule has 2 rings (SSSR count). The van der Waals surface area contributed by atoms with E-state index in [-0.39, 0.29) is 11.0 Å². The standard InChI is InChI=1S/C17H25N3/c1-12-11-17(18,9-8-15(12)20-19)14-7-5-6-13(10-14)16(2,3)4/h5-7,10H,1,8-9,11,18-19H2,2-4H3/b20-15-. The lowest BCUT2D eigenvalue weighted by Crippen LogP contribution is -2.41. The fourth-order valence-electron chi connectivity index (χ4n) is 2.79. The summed E-state index contributed by atoms with van der Waals surface area (Å²) in [5.41, 5.74) is 10.8. The van der Waals surface area contributed by atoms with Crippen molar-refractivity contribution >= 4 is 5.71 Å². The average molecular weight is 271 g/mol. The highest BCUT2D eigenvalue weighted by atomic mass is 15.1. The summed E-state index contributed by atoms with van der Waals surface area (Å²) in [6, 6.07) is 8.61. The molecule has 1 unspecified atom stereocenters. The average Bonchev–Trinajstić information content (AvgIpc) is 2.38. The van der Waals surface area contributed by atoms with Crippen molar-refractivity contribution in [3.8, 4) is 0 Å². The van der Waals surface area contributed by atoms with Gasteiger partial charge in [-0.15, -0.1) is 0 Å². The van der Waals surface area contributed by atoms with E-state index >= 15 is 0 Å². The first kappa shape index (κ1) is 14.8. The summed E-state index contributed by atoms with van der Waals surface area (Å²) in [5, 5.41) is 3.81. The number of hydrogen-bond acceptors (Lipinski definition) is 3. The Morgan fingerprint density at radius 2 is 2.00 bits per heavy atom. The third-order valence-electron chi connectivity index (χ3n) is 4.20. The second kappa shape index (κ2) is 5.06. The van der Waals surface area contributed by atoms with E-state index in [0.717, 1.165) is 30.5 Å². The minimum Gasteiger partial charge on any atom is -0.323 e. The Balaban J connectivity index is 2.34. The van der Waals surface area contributed by atoms with Crippen LogP contribution in [0.5, 0.6) is 0 Å². The zero-order chi connectivity index (χ0) is 15.0. The lowest BCUT2D eigenvalue weighted by atomic mass is 9.73. The molecule has 1 aromatic carbocycles. The molecule has 1 aliphatic rings. The van der Waals surface area contributed by atoms with Crippen LogP contribution in [0.25, 0.3) is 0 Å². The van der Waals surface area contributed by atoms with Crippen molar-refractivity contribution < 1.29 is 0 Å². The quantitative estimate of drug-likeness (QED) is 0.608. The van der Waals surface area contributed by atoms with Crippen molar-refractivity contribution in [3.05, 3.63) is 47.5 Å². The normalized spacial score (nSPS) is 26.0. The van der Waals surface area contributed by atoms with Gasteiger partial charge in [0.2, 0.25) is 0 Å². The van der Waals surface area contributed by atoms with Gasteiger partial charge in [0, 0.05) is 5.54 Å². The third kappa shape index (κ3) is 2.78. The minimum atomic E-state index is -0.355. The van der Waals surface area contributed by atoms with E-state index in [2.05, 4.69) is 56.7 Å². The molecule has 1 atom stereocenters. The molecule has 0 heterocycles. The Hall–Kier alpha value is -1.61. The Labute approximate surface area is 121 Å². The van der Waals surface area contributed by atoms with Crippen molar-refractivity contribution in [3.63, 3.8) is 0 Å². The molecule has 3 heteroatoms.